The lowest BCUT2D eigenvalue weighted by Crippen LogP contribution is -2.44. The molecule has 5 heteroatoms. The number of alkyl halides is 1. The summed E-state index contributed by atoms with van der Waals surface area (Å²) >= 11 is 11.2. The number of furan rings is 1. The first-order valence-electron chi connectivity index (χ1n) is 4.08. The van der Waals surface area contributed by atoms with Crippen LogP contribution in [-0.4, -0.2) is 17.3 Å². The Hall–Kier alpha value is -0.670. The molecule has 0 unspecified atom stereocenters. The minimum atomic E-state index is -0.460. The average Bonchev–Trinajstić information content (AvgIpc) is 2.51. The molecule has 1 amide bonds. The maximum atomic E-state index is 11.5. The van der Waals surface area contributed by atoms with Crippen LogP contribution in [-0.2, 0) is 0 Å². The third kappa shape index (κ3) is 2.93. The number of hydrogen-bond donors (Lipinski definition) is 1. The molecule has 1 aromatic heterocycles. The second kappa shape index (κ2) is 4.24. The second-order valence-corrected chi connectivity index (χ2v) is 4.22. The highest BCUT2D eigenvalue weighted by molar-refractivity contribution is 6.29. The molecule has 0 bridgehead atoms. The third-order valence-electron chi connectivity index (χ3n) is 1.58. The molecule has 0 spiro atoms. The van der Waals surface area contributed by atoms with Gasteiger partial charge in [0.05, 0.1) is 0 Å². The zero-order chi connectivity index (χ0) is 10.8. The number of amides is 1. The molecule has 0 saturated heterocycles. The molecule has 1 heterocycles. The summed E-state index contributed by atoms with van der Waals surface area (Å²) in [6.07, 6.45) is 0. The van der Waals surface area contributed by atoms with Crippen LogP contribution in [0.4, 0.5) is 0 Å². The van der Waals surface area contributed by atoms with Crippen molar-refractivity contribution in [2.75, 3.05) is 5.88 Å². The zero-order valence-electron chi connectivity index (χ0n) is 7.93. The van der Waals surface area contributed by atoms with Crippen molar-refractivity contribution in [3.8, 4) is 0 Å². The summed E-state index contributed by atoms with van der Waals surface area (Å²) in [5.74, 6) is 0.198. The Balaban J connectivity index is 2.68. The van der Waals surface area contributed by atoms with E-state index in [2.05, 4.69) is 5.32 Å². The van der Waals surface area contributed by atoms with Gasteiger partial charge in [-0.1, -0.05) is 0 Å². The van der Waals surface area contributed by atoms with Gasteiger partial charge in [-0.15, -0.1) is 11.6 Å². The first-order valence-corrected chi connectivity index (χ1v) is 5.00. The molecule has 0 aliphatic carbocycles. The summed E-state index contributed by atoms with van der Waals surface area (Å²) in [6.45, 7) is 3.64. The van der Waals surface area contributed by atoms with Crippen LogP contribution in [0.15, 0.2) is 16.5 Å². The number of nitrogens with one attached hydrogen (secondary N) is 1. The van der Waals surface area contributed by atoms with Crippen LogP contribution in [0.5, 0.6) is 0 Å². The van der Waals surface area contributed by atoms with Gasteiger partial charge in [0.15, 0.2) is 11.0 Å². The summed E-state index contributed by atoms with van der Waals surface area (Å²) < 4.78 is 4.95. The van der Waals surface area contributed by atoms with Crippen LogP contribution in [0.3, 0.4) is 0 Å². The molecule has 0 radical (unpaired) electrons. The van der Waals surface area contributed by atoms with Gasteiger partial charge >= 0.3 is 0 Å². The van der Waals surface area contributed by atoms with E-state index in [0.29, 0.717) is 5.88 Å². The highest BCUT2D eigenvalue weighted by atomic mass is 35.5. The number of carbonyl (C=O) groups is 1. The Labute approximate surface area is 92.4 Å². The van der Waals surface area contributed by atoms with E-state index < -0.39 is 5.54 Å². The van der Waals surface area contributed by atoms with Gasteiger partial charge in [0, 0.05) is 11.4 Å². The van der Waals surface area contributed by atoms with Gasteiger partial charge in [-0.3, -0.25) is 4.79 Å². The number of hydrogen-bond acceptors (Lipinski definition) is 2. The minimum Gasteiger partial charge on any atom is -0.440 e. The van der Waals surface area contributed by atoms with Gasteiger partial charge in [-0.25, -0.2) is 0 Å². The Morgan fingerprint density at radius 2 is 2.21 bits per heavy atom. The van der Waals surface area contributed by atoms with E-state index in [1.165, 1.54) is 12.1 Å². The van der Waals surface area contributed by atoms with Crippen LogP contribution in [0.25, 0.3) is 0 Å². The van der Waals surface area contributed by atoms with Crippen molar-refractivity contribution >= 4 is 29.1 Å². The molecule has 1 aromatic rings. The lowest BCUT2D eigenvalue weighted by atomic mass is 10.1. The highest BCUT2D eigenvalue weighted by Crippen LogP contribution is 2.14. The largest absolute Gasteiger partial charge is 0.440 e. The normalized spacial score (nSPS) is 11.4. The van der Waals surface area contributed by atoms with Crippen LogP contribution >= 0.6 is 23.2 Å². The molecule has 1 N–H and O–H groups in total. The topological polar surface area (TPSA) is 42.2 Å². The molecule has 3 nitrogen and oxygen atoms in total. The summed E-state index contributed by atoms with van der Waals surface area (Å²) in [7, 11) is 0. The number of carbonyl (C=O) groups excluding carboxylic acids is 1. The maximum Gasteiger partial charge on any atom is 0.287 e. The Morgan fingerprint density at radius 3 is 2.64 bits per heavy atom. The van der Waals surface area contributed by atoms with E-state index in [0.717, 1.165) is 0 Å². The molecule has 0 aliphatic rings. The van der Waals surface area contributed by atoms with E-state index in [9.17, 15) is 4.79 Å². The fourth-order valence-corrected chi connectivity index (χ4v) is 1.05. The Bertz CT molecular complexity index is 333. The molecule has 0 fully saturated rings. The standard InChI is InChI=1S/C9H11Cl2NO2/c1-9(2,5-10)12-8(13)6-3-4-7(11)14-6/h3-4H,5H2,1-2H3,(H,12,13). The van der Waals surface area contributed by atoms with Crippen molar-refractivity contribution in [2.24, 2.45) is 0 Å². The van der Waals surface area contributed by atoms with Gasteiger partial charge in [-0.05, 0) is 37.6 Å². The van der Waals surface area contributed by atoms with E-state index in [1.54, 1.807) is 0 Å². The molecule has 0 aliphatic heterocycles. The lowest BCUT2D eigenvalue weighted by molar-refractivity contribution is 0.0892. The summed E-state index contributed by atoms with van der Waals surface area (Å²) in [6, 6.07) is 3.03. The van der Waals surface area contributed by atoms with Crippen molar-refractivity contribution in [3.05, 3.63) is 23.1 Å². The highest BCUT2D eigenvalue weighted by Gasteiger charge is 2.21. The van der Waals surface area contributed by atoms with Gasteiger partial charge in [-0.2, -0.15) is 0 Å². The van der Waals surface area contributed by atoms with Crippen LogP contribution < -0.4 is 5.32 Å². The van der Waals surface area contributed by atoms with E-state index in [4.69, 9.17) is 27.6 Å². The summed E-state index contributed by atoms with van der Waals surface area (Å²) in [4.78, 5) is 11.5. The minimum absolute atomic E-state index is 0.188. The lowest BCUT2D eigenvalue weighted by Gasteiger charge is -2.22. The van der Waals surface area contributed by atoms with Crippen LogP contribution in [0.2, 0.25) is 5.22 Å². The second-order valence-electron chi connectivity index (χ2n) is 3.58. The third-order valence-corrected chi connectivity index (χ3v) is 2.45. The first kappa shape index (κ1) is 11.4. The van der Waals surface area contributed by atoms with Crippen molar-refractivity contribution in [2.45, 2.75) is 19.4 Å². The van der Waals surface area contributed by atoms with Gasteiger partial charge < -0.3 is 9.73 Å². The Kier molecular flexibility index (Phi) is 3.45. The van der Waals surface area contributed by atoms with Crippen LogP contribution in [0, 0.1) is 0 Å². The van der Waals surface area contributed by atoms with Crippen molar-refractivity contribution in [3.63, 3.8) is 0 Å². The van der Waals surface area contributed by atoms with Gasteiger partial charge in [0.25, 0.3) is 5.91 Å². The van der Waals surface area contributed by atoms with E-state index in [-0.39, 0.29) is 16.9 Å². The van der Waals surface area contributed by atoms with Crippen molar-refractivity contribution in [1.29, 1.82) is 0 Å². The molecule has 14 heavy (non-hydrogen) atoms. The fraction of sp³-hybridized carbons (Fsp3) is 0.444. The molecule has 0 saturated carbocycles. The van der Waals surface area contributed by atoms with E-state index in [1.807, 2.05) is 13.8 Å². The SMILES string of the molecule is CC(C)(CCl)NC(=O)c1ccc(Cl)o1. The fourth-order valence-electron chi connectivity index (χ4n) is 0.839. The maximum absolute atomic E-state index is 11.5. The first-order chi connectivity index (χ1) is 6.44. The predicted molar refractivity (Wildman–Crippen MR) is 56.0 cm³/mol. The predicted octanol–water partition coefficient (Wildman–Crippen LogP) is 2.68. The molecule has 78 valence electrons. The molecular weight excluding hydrogens is 225 g/mol. The molecule has 0 aromatic carbocycles. The van der Waals surface area contributed by atoms with Gasteiger partial charge in [0.1, 0.15) is 0 Å². The quantitative estimate of drug-likeness (QED) is 0.819. The molecular formula is C9H11Cl2NO2. The summed E-state index contributed by atoms with van der Waals surface area (Å²) in [5, 5.41) is 2.91. The number of halogens is 2. The molecule has 1 rings (SSSR count). The van der Waals surface area contributed by atoms with Crippen molar-refractivity contribution in [1.82, 2.24) is 5.32 Å². The van der Waals surface area contributed by atoms with Crippen LogP contribution in [0.1, 0.15) is 24.4 Å². The molecule has 0 atom stereocenters. The zero-order valence-corrected chi connectivity index (χ0v) is 9.45. The monoisotopic (exact) mass is 235 g/mol. The van der Waals surface area contributed by atoms with Crippen molar-refractivity contribution < 1.29 is 9.21 Å². The summed E-state index contributed by atoms with van der Waals surface area (Å²) in [5.41, 5.74) is -0.460. The smallest absolute Gasteiger partial charge is 0.287 e. The Morgan fingerprint density at radius 1 is 1.57 bits per heavy atom. The average molecular weight is 236 g/mol. The van der Waals surface area contributed by atoms with E-state index >= 15 is 0 Å². The van der Waals surface area contributed by atoms with Gasteiger partial charge in [0.2, 0.25) is 0 Å². The number of rotatable bonds is 3.